The highest BCUT2D eigenvalue weighted by molar-refractivity contribution is 7.90. The second kappa shape index (κ2) is 27.1. The lowest BCUT2D eigenvalue weighted by Crippen LogP contribution is -2.21. The minimum Gasteiger partial charge on any atom is -0.404 e. The number of sulfonamides is 4. The van der Waals surface area contributed by atoms with Crippen LogP contribution in [-0.4, -0.2) is 40.0 Å². The van der Waals surface area contributed by atoms with Gasteiger partial charge in [-0.15, -0.1) is 62.8 Å². The summed E-state index contributed by atoms with van der Waals surface area (Å²) in [6.07, 6.45) is -14.4. The van der Waals surface area contributed by atoms with Crippen LogP contribution in [0.2, 0.25) is 0 Å². The summed E-state index contributed by atoms with van der Waals surface area (Å²) < 4.78 is 228. The van der Waals surface area contributed by atoms with Gasteiger partial charge in [-0.2, -0.15) is 26.3 Å². The summed E-state index contributed by atoms with van der Waals surface area (Å²) in [6, 6.07) is 9.48. The molecule has 0 aliphatic rings. The molecule has 386 valence electrons. The summed E-state index contributed by atoms with van der Waals surface area (Å²) in [5.74, 6) is -2.92. The van der Waals surface area contributed by atoms with E-state index in [1.165, 1.54) is 12.1 Å². The van der Waals surface area contributed by atoms with Crippen LogP contribution in [-0.2, 0) is 78.6 Å². The van der Waals surface area contributed by atoms with Crippen LogP contribution in [0.15, 0.2) is 86.3 Å². The molecule has 4 aromatic rings. The minimum atomic E-state index is -5.01. The molecule has 0 heterocycles. The maximum Gasteiger partial charge on any atom is 0.573 e. The van der Waals surface area contributed by atoms with Gasteiger partial charge in [0.1, 0.15) is 22.3 Å². The molecule has 67 heavy (non-hydrogen) atoms. The number of nitrogens with two attached hydrogens (primary N) is 8. The van der Waals surface area contributed by atoms with Gasteiger partial charge in [0.2, 0.25) is 40.1 Å². The van der Waals surface area contributed by atoms with E-state index in [1.54, 1.807) is 0 Å². The van der Waals surface area contributed by atoms with Gasteiger partial charge in [0.15, 0.2) is 0 Å². The Morgan fingerprint density at radius 2 is 0.851 bits per heavy atom. The minimum absolute atomic E-state index is 0. The molecule has 0 saturated heterocycles. The van der Waals surface area contributed by atoms with Crippen molar-refractivity contribution in [1.82, 2.24) is 0 Å². The largest absolute Gasteiger partial charge is 0.573 e. The molecule has 0 fully saturated rings. The van der Waals surface area contributed by atoms with Crippen molar-refractivity contribution in [3.8, 4) is 5.75 Å². The van der Waals surface area contributed by atoms with Crippen LogP contribution in [0.25, 0.3) is 0 Å². The number of halogens is 15. The molecule has 0 amide bonds. The van der Waals surface area contributed by atoms with Crippen LogP contribution < -0.4 is 48.2 Å². The summed E-state index contributed by atoms with van der Waals surface area (Å²) in [5, 5.41) is 18.9. The molecule has 0 aliphatic carbocycles. The lowest BCUT2D eigenvalue weighted by Gasteiger charge is -2.13. The fourth-order valence-electron chi connectivity index (χ4n) is 4.41. The van der Waals surface area contributed by atoms with Crippen molar-refractivity contribution in [1.29, 1.82) is 0 Å². The zero-order valence-corrected chi connectivity index (χ0v) is 39.4. The number of primary sulfonamides is 4. The van der Waals surface area contributed by atoms with Crippen molar-refractivity contribution >= 4 is 89.7 Å². The third-order valence-electron chi connectivity index (χ3n) is 7.25. The zero-order valence-electron chi connectivity index (χ0n) is 32.9. The Labute approximate surface area is 399 Å². The highest BCUT2D eigenvalue weighted by Gasteiger charge is 2.37. The van der Waals surface area contributed by atoms with Crippen molar-refractivity contribution in [3.63, 3.8) is 0 Å². The molecule has 0 aliphatic heterocycles. The molecular formula is C31H39Cl4F11N8O9S4. The van der Waals surface area contributed by atoms with Crippen LogP contribution in [0, 0.1) is 11.6 Å². The van der Waals surface area contributed by atoms with Gasteiger partial charge in [-0.3, -0.25) is 0 Å². The Balaban J connectivity index is -0.000000388. The topological polar surface area (TPSA) is 354 Å². The first-order chi connectivity index (χ1) is 28.3. The third-order valence-corrected chi connectivity index (χ3v) is 11.0. The summed E-state index contributed by atoms with van der Waals surface area (Å²) in [7, 11) is -16.9. The second-order valence-electron chi connectivity index (χ2n) is 11.8. The summed E-state index contributed by atoms with van der Waals surface area (Å²) in [5.41, 5.74) is 18.1. The Morgan fingerprint density at radius 3 is 1.18 bits per heavy atom. The van der Waals surface area contributed by atoms with Crippen molar-refractivity contribution < 1.29 is 86.7 Å². The van der Waals surface area contributed by atoms with Gasteiger partial charge in [0.05, 0.1) is 25.8 Å². The molecule has 17 nitrogen and oxygen atoms in total. The van der Waals surface area contributed by atoms with E-state index in [0.29, 0.717) is 24.3 Å². The van der Waals surface area contributed by atoms with E-state index in [0.717, 1.165) is 30.3 Å². The van der Waals surface area contributed by atoms with E-state index in [2.05, 4.69) is 9.88 Å². The molecule has 0 bridgehead atoms. The predicted octanol–water partition coefficient (Wildman–Crippen LogP) is 4.07. The summed E-state index contributed by atoms with van der Waals surface area (Å²) in [4.78, 5) is -2.88. The van der Waals surface area contributed by atoms with Crippen LogP contribution in [0.1, 0.15) is 33.4 Å². The Morgan fingerprint density at radius 1 is 0.448 bits per heavy atom. The zero-order chi connectivity index (χ0) is 49.3. The van der Waals surface area contributed by atoms with Crippen LogP contribution in [0.3, 0.4) is 0 Å². The first kappa shape index (κ1) is 70.1. The molecule has 0 aromatic heterocycles. The number of alkyl halides is 9. The normalized spacial score (nSPS) is 11.7. The Kier molecular flexibility index (Phi) is 28.3. The van der Waals surface area contributed by atoms with Crippen molar-refractivity contribution in [3.05, 3.63) is 112 Å². The number of hydrogen-bond donors (Lipinski definition) is 8. The molecule has 16 N–H and O–H groups in total. The molecule has 4 aromatic carbocycles. The smallest absolute Gasteiger partial charge is 0.404 e. The lowest BCUT2D eigenvalue weighted by molar-refractivity contribution is -0.275. The summed E-state index contributed by atoms with van der Waals surface area (Å²) in [6.45, 7) is -0.852. The quantitative estimate of drug-likeness (QED) is 0.110. The first-order valence-corrected chi connectivity index (χ1v) is 22.2. The van der Waals surface area contributed by atoms with E-state index in [-0.39, 0.29) is 98.1 Å². The monoisotopic (exact) mass is 1140 g/mol. The van der Waals surface area contributed by atoms with Gasteiger partial charge in [0, 0.05) is 31.7 Å². The maximum absolute atomic E-state index is 13.0. The number of benzene rings is 4. The van der Waals surface area contributed by atoms with Crippen molar-refractivity contribution in [2.45, 2.75) is 64.5 Å². The van der Waals surface area contributed by atoms with Gasteiger partial charge in [-0.1, -0.05) is 18.2 Å². The molecule has 4 rings (SSSR count). The molecule has 36 heteroatoms. The second-order valence-corrected chi connectivity index (χ2v) is 18.0. The molecule has 0 atom stereocenters. The highest BCUT2D eigenvalue weighted by Crippen LogP contribution is 2.35. The van der Waals surface area contributed by atoms with Crippen molar-refractivity contribution in [2.75, 3.05) is 0 Å². The average Bonchev–Trinajstić information content (AvgIpc) is 3.12. The molecule has 0 saturated carbocycles. The molecule has 0 spiro atoms. The average molecular weight is 1150 g/mol. The van der Waals surface area contributed by atoms with Gasteiger partial charge in [0.25, 0.3) is 0 Å². The van der Waals surface area contributed by atoms with Crippen LogP contribution in [0.4, 0.5) is 48.3 Å². The molecule has 0 unspecified atom stereocenters. The van der Waals surface area contributed by atoms with Crippen LogP contribution in [0.5, 0.6) is 5.75 Å². The number of ether oxygens (including phenoxy) is 1. The predicted molar refractivity (Wildman–Crippen MR) is 228 cm³/mol. The number of rotatable bonds is 9. The van der Waals surface area contributed by atoms with Gasteiger partial charge in [-0.05, 0) is 65.2 Å². The van der Waals surface area contributed by atoms with Gasteiger partial charge in [-0.25, -0.2) is 63.0 Å². The number of hydrogen-bond acceptors (Lipinski definition) is 13. The molecular weight excluding hydrogens is 1110 g/mol. The fourth-order valence-corrected chi connectivity index (χ4v) is 6.86. The summed E-state index contributed by atoms with van der Waals surface area (Å²) >= 11 is 0. The van der Waals surface area contributed by atoms with E-state index in [1.807, 2.05) is 0 Å². The SMILES string of the molecule is Cl.Cl.Cl.Cl.NCc1c(F)cc(S(N)(=O)=O)cc1F.NCc1ccc(S(N)(=O)=O)c(C(F)(F)F)c1.NCc1ccc(S(N)(=O)=O)c(OC(F)(F)F)c1.NCc1ccc(S(N)(=O)=O)cc1C(F)(F)F. The fraction of sp³-hybridized carbons (Fsp3) is 0.226. The molecule has 0 radical (unpaired) electrons. The highest BCUT2D eigenvalue weighted by atomic mass is 35.5. The van der Waals surface area contributed by atoms with E-state index in [9.17, 15) is 82.0 Å². The standard InChI is InChI=1S/C8H9F3N2O3S.2C8H9F3N2O2S.C7H8F2N2O2S.4ClH/c9-8(10,11)16-6-3-5(4-12)1-2-7(6)17(13,14)15;9-8(10,11)7-3-6(16(13,14)15)2-1-5(7)4-12;9-8(10,11)6-3-5(4-12)1-2-7(6)16(13,14)15;8-6-1-4(14(11,12)13)2-7(9)5(6)3-10;;;;/h1-3H,4,12H2,(H2,13,14,15);2*1-3H,4,12H2,(H2,13,14,15);1-2H,3,10H2,(H2,11,12,13);4*1H. The van der Waals surface area contributed by atoms with Crippen LogP contribution >= 0.6 is 49.6 Å². The lowest BCUT2D eigenvalue weighted by atomic mass is 10.1. The Hall–Kier alpha value is -3.45. The van der Waals surface area contributed by atoms with E-state index in [4.69, 9.17) is 38.4 Å². The Bertz CT molecular complexity index is 2700. The van der Waals surface area contributed by atoms with Gasteiger partial charge < -0.3 is 27.7 Å². The van der Waals surface area contributed by atoms with E-state index >= 15 is 0 Å². The first-order valence-electron chi connectivity index (χ1n) is 16.0. The van der Waals surface area contributed by atoms with E-state index < -0.39 is 107 Å². The van der Waals surface area contributed by atoms with Crippen molar-refractivity contribution in [2.24, 2.45) is 43.5 Å². The van der Waals surface area contributed by atoms with Gasteiger partial charge >= 0.3 is 18.7 Å². The third kappa shape index (κ3) is 22.7. The maximum atomic E-state index is 13.0.